The second kappa shape index (κ2) is 7.07. The fraction of sp³-hybridized carbons (Fsp3) is 0.750. The van der Waals surface area contributed by atoms with Crippen LogP contribution in [0.4, 0.5) is 0 Å². The number of rotatable bonds is 5. The number of amides is 1. The molecule has 0 unspecified atom stereocenters. The fourth-order valence-corrected chi connectivity index (χ4v) is 3.15. The lowest BCUT2D eigenvalue weighted by Crippen LogP contribution is -2.45. The van der Waals surface area contributed by atoms with Gasteiger partial charge in [-0.1, -0.05) is 6.92 Å². The van der Waals surface area contributed by atoms with Crippen molar-refractivity contribution in [3.8, 4) is 0 Å². The highest BCUT2D eigenvalue weighted by atomic mass is 16.2. The lowest BCUT2D eigenvalue weighted by atomic mass is 10.00. The molecule has 5 nitrogen and oxygen atoms in total. The maximum Gasteiger partial charge on any atom is 0.269 e. The van der Waals surface area contributed by atoms with Crippen LogP contribution in [0.1, 0.15) is 49.8 Å². The Morgan fingerprint density at radius 2 is 2.33 bits per heavy atom. The summed E-state index contributed by atoms with van der Waals surface area (Å²) < 4.78 is 1.76. The molecule has 2 atom stereocenters. The highest BCUT2D eigenvalue weighted by Crippen LogP contribution is 2.15. The van der Waals surface area contributed by atoms with Gasteiger partial charge in [-0.3, -0.25) is 9.48 Å². The van der Waals surface area contributed by atoms with E-state index < -0.39 is 0 Å². The summed E-state index contributed by atoms with van der Waals surface area (Å²) in [6, 6.07) is 2.01. The van der Waals surface area contributed by atoms with Gasteiger partial charge in [0.1, 0.15) is 5.69 Å². The molecule has 0 spiro atoms. The van der Waals surface area contributed by atoms with Crippen LogP contribution in [0, 0.1) is 12.8 Å². The SMILES string of the molecule is CCn1nc(C)cc1C(=O)N[C@@H](C)CN1CCC[C@H](C)C1. The van der Waals surface area contributed by atoms with Crippen LogP contribution >= 0.6 is 0 Å². The van der Waals surface area contributed by atoms with Crippen LogP contribution < -0.4 is 5.32 Å². The summed E-state index contributed by atoms with van der Waals surface area (Å²) in [5.41, 5.74) is 1.55. The average Bonchev–Trinajstić information content (AvgIpc) is 2.80. The molecule has 1 aliphatic rings. The predicted molar refractivity (Wildman–Crippen MR) is 84.4 cm³/mol. The first kappa shape index (κ1) is 16.0. The van der Waals surface area contributed by atoms with Gasteiger partial charge >= 0.3 is 0 Å². The van der Waals surface area contributed by atoms with E-state index in [9.17, 15) is 4.79 Å². The minimum absolute atomic E-state index is 0.0185. The van der Waals surface area contributed by atoms with Crippen molar-refractivity contribution in [3.63, 3.8) is 0 Å². The summed E-state index contributed by atoms with van der Waals surface area (Å²) in [5.74, 6) is 0.751. The van der Waals surface area contributed by atoms with Crippen LogP contribution in [0.15, 0.2) is 6.07 Å². The number of nitrogens with one attached hydrogen (secondary N) is 1. The van der Waals surface area contributed by atoms with Crippen molar-refractivity contribution in [2.45, 2.75) is 53.1 Å². The molecule has 0 aliphatic carbocycles. The summed E-state index contributed by atoms with van der Waals surface area (Å²) in [6.45, 7) is 12.2. The quantitative estimate of drug-likeness (QED) is 0.904. The zero-order valence-electron chi connectivity index (χ0n) is 13.7. The lowest BCUT2D eigenvalue weighted by Gasteiger charge is -2.32. The monoisotopic (exact) mass is 292 g/mol. The van der Waals surface area contributed by atoms with Gasteiger partial charge in [0.15, 0.2) is 0 Å². The Morgan fingerprint density at radius 3 is 3.00 bits per heavy atom. The molecule has 1 aromatic heterocycles. The summed E-state index contributed by atoms with van der Waals surface area (Å²) in [4.78, 5) is 14.8. The number of piperidine rings is 1. The molecular weight excluding hydrogens is 264 g/mol. The number of hydrogen-bond donors (Lipinski definition) is 1. The molecule has 0 aromatic carbocycles. The van der Waals surface area contributed by atoms with E-state index in [1.54, 1.807) is 4.68 Å². The number of carbonyl (C=O) groups is 1. The van der Waals surface area contributed by atoms with Crippen LogP contribution in [0.2, 0.25) is 0 Å². The standard InChI is InChI=1S/C16H28N4O/c1-5-20-15(9-13(3)18-20)16(21)17-14(4)11-19-8-6-7-12(2)10-19/h9,12,14H,5-8,10-11H2,1-4H3,(H,17,21)/t12-,14-/m0/s1. The van der Waals surface area contributed by atoms with Gasteiger partial charge in [-0.15, -0.1) is 0 Å². The zero-order chi connectivity index (χ0) is 15.4. The first-order chi connectivity index (χ1) is 9.99. The molecule has 1 saturated heterocycles. The molecule has 2 rings (SSSR count). The number of likely N-dealkylation sites (tertiary alicyclic amines) is 1. The van der Waals surface area contributed by atoms with E-state index >= 15 is 0 Å². The number of aryl methyl sites for hydroxylation is 2. The Labute approximate surface area is 127 Å². The largest absolute Gasteiger partial charge is 0.347 e. The number of nitrogens with zero attached hydrogens (tertiary/aromatic N) is 3. The van der Waals surface area contributed by atoms with Gasteiger partial charge in [0.2, 0.25) is 0 Å². The normalized spacial score (nSPS) is 21.2. The molecule has 1 fully saturated rings. The van der Waals surface area contributed by atoms with Crippen molar-refractivity contribution in [1.82, 2.24) is 20.0 Å². The molecule has 118 valence electrons. The van der Waals surface area contributed by atoms with Gasteiger partial charge < -0.3 is 10.2 Å². The van der Waals surface area contributed by atoms with Crippen LogP contribution in [0.3, 0.4) is 0 Å². The van der Waals surface area contributed by atoms with E-state index in [4.69, 9.17) is 0 Å². The first-order valence-electron chi connectivity index (χ1n) is 8.07. The lowest BCUT2D eigenvalue weighted by molar-refractivity contribution is 0.0909. The van der Waals surface area contributed by atoms with E-state index in [0.29, 0.717) is 12.2 Å². The summed E-state index contributed by atoms with van der Waals surface area (Å²) in [7, 11) is 0. The second-order valence-electron chi connectivity index (χ2n) is 6.37. The van der Waals surface area contributed by atoms with Crippen molar-refractivity contribution in [3.05, 3.63) is 17.5 Å². The topological polar surface area (TPSA) is 50.2 Å². The molecule has 1 N–H and O–H groups in total. The summed E-state index contributed by atoms with van der Waals surface area (Å²) in [6.07, 6.45) is 2.59. The average molecular weight is 292 g/mol. The summed E-state index contributed by atoms with van der Waals surface area (Å²) >= 11 is 0. The van der Waals surface area contributed by atoms with E-state index in [-0.39, 0.29) is 11.9 Å². The van der Waals surface area contributed by atoms with Crippen molar-refractivity contribution in [2.75, 3.05) is 19.6 Å². The Kier molecular flexibility index (Phi) is 5.39. The molecule has 0 radical (unpaired) electrons. The van der Waals surface area contributed by atoms with Gasteiger partial charge in [-0.25, -0.2) is 0 Å². The number of aromatic nitrogens is 2. The molecule has 21 heavy (non-hydrogen) atoms. The van der Waals surface area contributed by atoms with Gasteiger partial charge in [0.05, 0.1) is 5.69 Å². The van der Waals surface area contributed by atoms with E-state index in [1.165, 1.54) is 12.8 Å². The second-order valence-corrected chi connectivity index (χ2v) is 6.37. The van der Waals surface area contributed by atoms with Crippen LogP contribution in [-0.4, -0.2) is 46.3 Å². The molecule has 2 heterocycles. The van der Waals surface area contributed by atoms with Gasteiger partial charge in [0.25, 0.3) is 5.91 Å². The first-order valence-corrected chi connectivity index (χ1v) is 8.07. The molecule has 1 aliphatic heterocycles. The smallest absolute Gasteiger partial charge is 0.269 e. The third kappa shape index (κ3) is 4.30. The van der Waals surface area contributed by atoms with E-state index in [2.05, 4.69) is 29.2 Å². The maximum absolute atomic E-state index is 12.4. The zero-order valence-corrected chi connectivity index (χ0v) is 13.7. The Balaban J connectivity index is 1.89. The number of hydrogen-bond acceptors (Lipinski definition) is 3. The van der Waals surface area contributed by atoms with Crippen molar-refractivity contribution < 1.29 is 4.79 Å². The van der Waals surface area contributed by atoms with Crippen LogP contribution in [-0.2, 0) is 6.54 Å². The Hall–Kier alpha value is -1.36. The van der Waals surface area contributed by atoms with E-state index in [0.717, 1.165) is 31.2 Å². The Bertz CT molecular complexity index is 483. The van der Waals surface area contributed by atoms with Crippen LogP contribution in [0.25, 0.3) is 0 Å². The number of carbonyl (C=O) groups excluding carboxylic acids is 1. The highest BCUT2D eigenvalue weighted by Gasteiger charge is 2.20. The van der Waals surface area contributed by atoms with E-state index in [1.807, 2.05) is 19.9 Å². The van der Waals surface area contributed by atoms with Crippen molar-refractivity contribution >= 4 is 5.91 Å². The van der Waals surface area contributed by atoms with Gasteiger partial charge in [-0.2, -0.15) is 5.10 Å². The Morgan fingerprint density at radius 1 is 1.57 bits per heavy atom. The third-order valence-corrected chi connectivity index (χ3v) is 4.08. The molecule has 1 amide bonds. The third-order valence-electron chi connectivity index (χ3n) is 4.08. The minimum Gasteiger partial charge on any atom is -0.347 e. The van der Waals surface area contributed by atoms with Crippen LogP contribution in [0.5, 0.6) is 0 Å². The molecule has 1 aromatic rings. The molecule has 0 bridgehead atoms. The molecule has 5 heteroatoms. The highest BCUT2D eigenvalue weighted by molar-refractivity contribution is 5.92. The predicted octanol–water partition coefficient (Wildman–Crippen LogP) is 2.06. The van der Waals surface area contributed by atoms with Gasteiger partial charge in [-0.05, 0) is 52.1 Å². The fourth-order valence-electron chi connectivity index (χ4n) is 3.15. The summed E-state index contributed by atoms with van der Waals surface area (Å²) in [5, 5.41) is 7.43. The van der Waals surface area contributed by atoms with Gasteiger partial charge in [0, 0.05) is 25.7 Å². The maximum atomic E-state index is 12.4. The van der Waals surface area contributed by atoms with Crippen molar-refractivity contribution in [1.29, 1.82) is 0 Å². The minimum atomic E-state index is -0.0185. The molecular formula is C16H28N4O. The van der Waals surface area contributed by atoms with Crippen molar-refractivity contribution in [2.24, 2.45) is 5.92 Å². The molecule has 0 saturated carbocycles.